The number of anilines is 1. The minimum atomic E-state index is -3.00. The number of pyridine rings is 1. The van der Waals surface area contributed by atoms with E-state index in [2.05, 4.69) is 23.6 Å². The molecule has 0 amide bonds. The van der Waals surface area contributed by atoms with E-state index in [9.17, 15) is 8.78 Å². The molecule has 0 aromatic carbocycles. The highest BCUT2D eigenvalue weighted by molar-refractivity contribution is 6.12. The Morgan fingerprint density at radius 2 is 2.03 bits per heavy atom. The number of halogens is 2. The van der Waals surface area contributed by atoms with Gasteiger partial charge in [-0.05, 0) is 44.1 Å². The van der Waals surface area contributed by atoms with Gasteiger partial charge >= 0.3 is 6.61 Å². The zero-order valence-corrected chi connectivity index (χ0v) is 17.9. The van der Waals surface area contributed by atoms with Crippen LogP contribution in [0, 0.1) is 23.2 Å². The Labute approximate surface area is 180 Å². The molecule has 2 saturated carbocycles. The van der Waals surface area contributed by atoms with E-state index in [4.69, 9.17) is 25.6 Å². The maximum atomic E-state index is 12.6. The topological polar surface area (TPSA) is 103 Å². The van der Waals surface area contributed by atoms with Gasteiger partial charge in [0.25, 0.3) is 0 Å². The Morgan fingerprint density at radius 3 is 2.61 bits per heavy atom. The third-order valence-corrected chi connectivity index (χ3v) is 6.56. The summed E-state index contributed by atoms with van der Waals surface area (Å²) in [5.74, 6) is 1.13. The van der Waals surface area contributed by atoms with Crippen LogP contribution in [0.4, 0.5) is 14.6 Å². The van der Waals surface area contributed by atoms with Crippen molar-refractivity contribution in [2.24, 2.45) is 22.7 Å². The first kappa shape index (κ1) is 22.1. The monoisotopic (exact) mass is 436 g/mol. The molecule has 3 aliphatic rings. The fourth-order valence-corrected chi connectivity index (χ4v) is 4.68. The van der Waals surface area contributed by atoms with Crippen molar-refractivity contribution in [3.63, 3.8) is 0 Å². The number of ether oxygens (including phenoxy) is 3. The number of nitrogens with two attached hydrogens (primary N) is 1. The van der Waals surface area contributed by atoms with Crippen molar-refractivity contribution in [2.75, 3.05) is 18.9 Å². The molecule has 3 N–H and O–H groups in total. The van der Waals surface area contributed by atoms with Gasteiger partial charge in [-0.25, -0.2) is 4.98 Å². The summed E-state index contributed by atoms with van der Waals surface area (Å²) in [5.41, 5.74) is 7.33. The number of hydrogen-bond acceptors (Lipinski definition) is 7. The Morgan fingerprint density at radius 1 is 1.32 bits per heavy atom. The van der Waals surface area contributed by atoms with Gasteiger partial charge in [-0.2, -0.15) is 8.78 Å². The highest BCUT2D eigenvalue weighted by Crippen LogP contribution is 2.59. The molecule has 2 heterocycles. The first-order valence-electron chi connectivity index (χ1n) is 10.9. The Balaban J connectivity index is 1.42. The summed E-state index contributed by atoms with van der Waals surface area (Å²) in [4.78, 5) is 8.84. The lowest BCUT2D eigenvalue weighted by Crippen LogP contribution is -2.39. The molecule has 170 valence electrons. The van der Waals surface area contributed by atoms with Gasteiger partial charge in [-0.3, -0.25) is 4.99 Å². The Hall–Kier alpha value is -2.13. The molecule has 3 atom stereocenters. The van der Waals surface area contributed by atoms with E-state index < -0.39 is 6.61 Å². The average molecular weight is 437 g/mol. The van der Waals surface area contributed by atoms with Crippen LogP contribution in [0.25, 0.3) is 0 Å². The number of alkyl halides is 2. The van der Waals surface area contributed by atoms with Crippen molar-refractivity contribution >= 4 is 17.2 Å². The molecule has 0 bridgehead atoms. The summed E-state index contributed by atoms with van der Waals surface area (Å²) in [7, 11) is 0. The molecule has 31 heavy (non-hydrogen) atoms. The molecule has 7 nitrogen and oxygen atoms in total. The van der Waals surface area contributed by atoms with Crippen molar-refractivity contribution in [3.8, 4) is 5.75 Å². The maximum Gasteiger partial charge on any atom is 0.387 e. The molecule has 3 fully saturated rings. The zero-order valence-electron chi connectivity index (χ0n) is 17.9. The predicted molar refractivity (Wildman–Crippen MR) is 113 cm³/mol. The normalized spacial score (nSPS) is 28.9. The third kappa shape index (κ3) is 5.03. The van der Waals surface area contributed by atoms with E-state index >= 15 is 0 Å². The molecule has 1 saturated heterocycles. The molecule has 0 spiro atoms. The lowest BCUT2D eigenvalue weighted by molar-refractivity contribution is -0.155. The lowest BCUT2D eigenvalue weighted by atomic mass is 9.98. The second-order valence-corrected chi connectivity index (χ2v) is 8.76. The minimum Gasteiger partial charge on any atom is -0.431 e. The predicted octanol–water partition coefficient (Wildman–Crippen LogP) is 3.70. The van der Waals surface area contributed by atoms with Gasteiger partial charge in [0.1, 0.15) is 6.10 Å². The number of nitrogens with zero attached hydrogens (tertiary/aromatic N) is 2. The second kappa shape index (κ2) is 9.16. The molecule has 1 aromatic rings. The number of aromatic nitrogens is 1. The summed E-state index contributed by atoms with van der Waals surface area (Å²) in [5, 5.41) is 8.56. The third-order valence-electron chi connectivity index (χ3n) is 6.56. The molecule has 1 aromatic heterocycles. The molecule has 0 radical (unpaired) electrons. The van der Waals surface area contributed by atoms with Crippen LogP contribution in [-0.2, 0) is 9.47 Å². The smallest absolute Gasteiger partial charge is 0.387 e. The summed E-state index contributed by atoms with van der Waals surface area (Å²) >= 11 is 0. The average Bonchev–Trinajstić information content (AvgIpc) is 3.19. The van der Waals surface area contributed by atoms with Gasteiger partial charge in [0, 0.05) is 41.6 Å². The Bertz CT molecular complexity index is 834. The number of aliphatic imine (C=N–C) groups is 1. The van der Waals surface area contributed by atoms with E-state index in [1.54, 1.807) is 0 Å². The van der Waals surface area contributed by atoms with Gasteiger partial charge in [0.15, 0.2) is 11.6 Å². The van der Waals surface area contributed by atoms with Crippen molar-refractivity contribution < 1.29 is 23.0 Å². The van der Waals surface area contributed by atoms with Gasteiger partial charge < -0.3 is 25.4 Å². The number of hydrogen-bond donors (Lipinski definition) is 2. The van der Waals surface area contributed by atoms with Crippen molar-refractivity contribution in [1.29, 1.82) is 5.41 Å². The van der Waals surface area contributed by atoms with Crippen LogP contribution < -0.4 is 10.5 Å². The van der Waals surface area contributed by atoms with Crippen molar-refractivity contribution in [3.05, 3.63) is 17.8 Å². The van der Waals surface area contributed by atoms with Crippen LogP contribution in [0.3, 0.4) is 0 Å². The standard InChI is InChI=1S/C22H30F2N4O3/c1-3-11(2)28-18(20-15-5-13(6-16(15)20)30-14-9-29-10-14)7-17(25)12-4-19(31-22(23)24)21(26)27-8-12/h4,8,11,13-16,20,22,25H,3,5-7,9-10H2,1-2H3,(H2,26,27). The Kier molecular flexibility index (Phi) is 6.52. The molecule has 2 aliphatic carbocycles. The van der Waals surface area contributed by atoms with Gasteiger partial charge in [-0.15, -0.1) is 0 Å². The maximum absolute atomic E-state index is 12.6. The molecule has 1 aliphatic heterocycles. The summed E-state index contributed by atoms with van der Waals surface area (Å²) in [6.07, 6.45) is 5.29. The fourth-order valence-electron chi connectivity index (χ4n) is 4.68. The molecule has 4 rings (SSSR count). The van der Waals surface area contributed by atoms with Crippen LogP contribution >= 0.6 is 0 Å². The van der Waals surface area contributed by atoms with Crippen LogP contribution in [0.2, 0.25) is 0 Å². The van der Waals surface area contributed by atoms with Crippen molar-refractivity contribution in [1.82, 2.24) is 4.98 Å². The number of nitrogens with one attached hydrogen (secondary N) is 1. The van der Waals surface area contributed by atoms with Crippen LogP contribution in [0.1, 0.15) is 45.1 Å². The van der Waals surface area contributed by atoms with E-state index in [-0.39, 0.29) is 29.4 Å². The van der Waals surface area contributed by atoms with Crippen molar-refractivity contribution in [2.45, 2.75) is 64.4 Å². The quantitative estimate of drug-likeness (QED) is 0.545. The summed E-state index contributed by atoms with van der Waals surface area (Å²) in [6.45, 7) is 2.56. The fraction of sp³-hybridized carbons (Fsp3) is 0.682. The van der Waals surface area contributed by atoms with Crippen LogP contribution in [0.15, 0.2) is 17.3 Å². The number of rotatable bonds is 10. The summed E-state index contributed by atoms with van der Waals surface area (Å²) < 4.78 is 40.9. The minimum absolute atomic E-state index is 0.120. The SMILES string of the molecule is CCC(C)N=C(CC(=N)c1cnc(N)c(OC(F)F)c1)C1C2CC(OC3COC3)CC21. The van der Waals surface area contributed by atoms with Crippen LogP contribution in [-0.4, -0.2) is 54.5 Å². The van der Waals surface area contributed by atoms with E-state index in [1.165, 1.54) is 12.3 Å². The van der Waals surface area contributed by atoms with Gasteiger partial charge in [0.2, 0.25) is 0 Å². The number of fused-ring (bicyclic) bond motifs is 1. The van der Waals surface area contributed by atoms with Crippen LogP contribution in [0.5, 0.6) is 5.75 Å². The second-order valence-electron chi connectivity index (χ2n) is 8.76. The van der Waals surface area contributed by atoms with E-state index in [0.717, 1.165) is 25.0 Å². The first-order valence-corrected chi connectivity index (χ1v) is 10.9. The largest absolute Gasteiger partial charge is 0.431 e. The highest BCUT2D eigenvalue weighted by atomic mass is 19.3. The molecule has 3 unspecified atom stereocenters. The molecule has 9 heteroatoms. The van der Waals surface area contributed by atoms with E-state index in [1.807, 2.05) is 0 Å². The lowest BCUT2D eigenvalue weighted by Gasteiger charge is -2.30. The molecular formula is C22H30F2N4O3. The van der Waals surface area contributed by atoms with Gasteiger partial charge in [0.05, 0.1) is 19.3 Å². The highest BCUT2D eigenvalue weighted by Gasteiger charge is 2.58. The molecular weight excluding hydrogens is 406 g/mol. The zero-order chi connectivity index (χ0) is 22.1. The van der Waals surface area contributed by atoms with E-state index in [0.29, 0.717) is 49.1 Å². The number of nitrogen functional groups attached to an aromatic ring is 1. The summed E-state index contributed by atoms with van der Waals surface area (Å²) in [6, 6.07) is 1.53. The first-order chi connectivity index (χ1) is 14.9. The van der Waals surface area contributed by atoms with Gasteiger partial charge in [-0.1, -0.05) is 6.92 Å².